The van der Waals surface area contributed by atoms with Crippen LogP contribution in [-0.2, 0) is 0 Å². The molecule has 2 heterocycles. The lowest BCUT2D eigenvalue weighted by molar-refractivity contribution is 0.296. The fourth-order valence-electron chi connectivity index (χ4n) is 3.51. The number of benzene rings is 1. The van der Waals surface area contributed by atoms with E-state index in [4.69, 9.17) is 15.5 Å². The van der Waals surface area contributed by atoms with Crippen molar-refractivity contribution in [2.45, 2.75) is 44.1 Å². The molecule has 1 aliphatic heterocycles. The van der Waals surface area contributed by atoms with Gasteiger partial charge in [-0.2, -0.15) is 0 Å². The molecule has 1 aliphatic carbocycles. The Bertz CT molecular complexity index is 679. The molecular formula is C18H23N3OS. The second-order valence-electron chi connectivity index (χ2n) is 6.45. The lowest BCUT2D eigenvalue weighted by atomic mass is 9.96. The molecule has 122 valence electrons. The van der Waals surface area contributed by atoms with Crippen molar-refractivity contribution in [3.05, 3.63) is 29.1 Å². The molecule has 23 heavy (non-hydrogen) atoms. The van der Waals surface area contributed by atoms with Crippen molar-refractivity contribution >= 4 is 16.5 Å². The third kappa shape index (κ3) is 2.95. The summed E-state index contributed by atoms with van der Waals surface area (Å²) in [7, 11) is 0. The van der Waals surface area contributed by atoms with Crippen molar-refractivity contribution < 1.29 is 4.74 Å². The van der Waals surface area contributed by atoms with Crippen LogP contribution in [0.4, 0.5) is 5.13 Å². The van der Waals surface area contributed by atoms with E-state index in [0.29, 0.717) is 19.2 Å². The zero-order chi connectivity index (χ0) is 15.6. The quantitative estimate of drug-likeness (QED) is 0.894. The van der Waals surface area contributed by atoms with Crippen molar-refractivity contribution in [1.82, 2.24) is 4.98 Å². The maximum atomic E-state index is 5.99. The predicted octanol–water partition coefficient (Wildman–Crippen LogP) is 3.99. The van der Waals surface area contributed by atoms with Crippen LogP contribution >= 0.6 is 11.3 Å². The van der Waals surface area contributed by atoms with Crippen LogP contribution in [0.1, 0.15) is 42.9 Å². The molecule has 1 atom stereocenters. The Morgan fingerprint density at radius 2 is 2.04 bits per heavy atom. The van der Waals surface area contributed by atoms with Crippen LogP contribution in [0.15, 0.2) is 24.3 Å². The van der Waals surface area contributed by atoms with Crippen molar-refractivity contribution in [2.24, 2.45) is 5.73 Å². The number of rotatable bonds is 3. The average Bonchev–Trinajstić information content (AvgIpc) is 2.94. The fourth-order valence-corrected chi connectivity index (χ4v) is 4.67. The smallest absolute Gasteiger partial charge is 0.183 e. The third-order valence-electron chi connectivity index (χ3n) is 4.82. The van der Waals surface area contributed by atoms with E-state index in [1.165, 1.54) is 37.0 Å². The molecule has 1 saturated carbocycles. The average molecular weight is 329 g/mol. The zero-order valence-corrected chi connectivity index (χ0v) is 14.1. The molecule has 1 fully saturated rings. The number of hydrogen-bond acceptors (Lipinski definition) is 5. The summed E-state index contributed by atoms with van der Waals surface area (Å²) in [4.78, 5) is 6.18. The van der Waals surface area contributed by atoms with Crippen LogP contribution in [0.3, 0.4) is 0 Å². The molecule has 1 aromatic carbocycles. The van der Waals surface area contributed by atoms with Crippen LogP contribution in [0.25, 0.3) is 11.3 Å². The van der Waals surface area contributed by atoms with E-state index in [2.05, 4.69) is 11.4 Å². The van der Waals surface area contributed by atoms with E-state index >= 15 is 0 Å². The van der Waals surface area contributed by atoms with Gasteiger partial charge in [-0.05, 0) is 25.0 Å². The molecule has 2 aliphatic rings. The first-order valence-electron chi connectivity index (χ1n) is 8.54. The number of thiazole rings is 1. The summed E-state index contributed by atoms with van der Waals surface area (Å²) in [5, 5.41) is 4.70. The lowest BCUT2D eigenvalue weighted by Crippen LogP contribution is -2.22. The molecule has 0 saturated heterocycles. The van der Waals surface area contributed by atoms with Gasteiger partial charge in [0.05, 0.1) is 12.3 Å². The van der Waals surface area contributed by atoms with Crippen molar-refractivity contribution in [3.8, 4) is 17.0 Å². The minimum absolute atomic E-state index is 0.219. The number of nitrogens with zero attached hydrogens (tertiary/aromatic N) is 1. The highest BCUT2D eigenvalue weighted by atomic mass is 32.1. The molecule has 0 bridgehead atoms. The Balaban J connectivity index is 1.69. The van der Waals surface area contributed by atoms with Crippen molar-refractivity contribution in [2.75, 3.05) is 18.5 Å². The molecule has 4 nitrogen and oxygen atoms in total. The molecule has 4 rings (SSSR count). The minimum atomic E-state index is 0.219. The third-order valence-corrected chi connectivity index (χ3v) is 5.97. The van der Waals surface area contributed by atoms with Gasteiger partial charge in [0.2, 0.25) is 0 Å². The Labute approximate surface area is 141 Å². The van der Waals surface area contributed by atoms with Gasteiger partial charge in [-0.25, -0.2) is 4.98 Å². The van der Waals surface area contributed by atoms with Crippen molar-refractivity contribution in [1.29, 1.82) is 0 Å². The van der Waals surface area contributed by atoms with Crippen LogP contribution in [0.5, 0.6) is 5.75 Å². The van der Waals surface area contributed by atoms with Gasteiger partial charge in [-0.3, -0.25) is 0 Å². The summed E-state index contributed by atoms with van der Waals surface area (Å²) in [6.45, 7) is 1.22. The number of ether oxygens (including phenoxy) is 1. The highest BCUT2D eigenvalue weighted by Crippen LogP contribution is 2.43. The van der Waals surface area contributed by atoms with E-state index in [-0.39, 0.29) is 5.92 Å². The molecule has 0 radical (unpaired) electrons. The van der Waals surface area contributed by atoms with E-state index in [1.807, 2.05) is 18.2 Å². The first-order valence-corrected chi connectivity index (χ1v) is 9.36. The van der Waals surface area contributed by atoms with E-state index in [1.54, 1.807) is 11.3 Å². The summed E-state index contributed by atoms with van der Waals surface area (Å²) >= 11 is 1.76. The second kappa shape index (κ2) is 6.49. The number of nitrogens with one attached hydrogen (secondary N) is 1. The van der Waals surface area contributed by atoms with Crippen LogP contribution in [-0.4, -0.2) is 24.2 Å². The van der Waals surface area contributed by atoms with Gasteiger partial charge in [0.15, 0.2) is 5.13 Å². The number of anilines is 1. The summed E-state index contributed by atoms with van der Waals surface area (Å²) < 4.78 is 5.95. The Kier molecular flexibility index (Phi) is 4.23. The minimum Gasteiger partial charge on any atom is -0.492 e. The standard InChI is InChI=1S/C18H23N3OS/c19-10-12-11-22-15-9-5-4-8-14(15)16-17(12)23-18(21-16)20-13-6-2-1-3-7-13/h4-5,8-9,12-13H,1-3,6-7,10-11,19H2,(H,20,21). The van der Waals surface area contributed by atoms with Gasteiger partial charge in [0.1, 0.15) is 5.75 Å². The fraction of sp³-hybridized carbons (Fsp3) is 0.500. The summed E-state index contributed by atoms with van der Waals surface area (Å²) in [6, 6.07) is 8.74. The monoisotopic (exact) mass is 329 g/mol. The van der Waals surface area contributed by atoms with Gasteiger partial charge < -0.3 is 15.8 Å². The highest BCUT2D eigenvalue weighted by Gasteiger charge is 2.27. The summed E-state index contributed by atoms with van der Waals surface area (Å²) in [5.41, 5.74) is 8.14. The largest absolute Gasteiger partial charge is 0.492 e. The Morgan fingerprint density at radius 1 is 1.22 bits per heavy atom. The van der Waals surface area contributed by atoms with Gasteiger partial charge in [-0.1, -0.05) is 31.4 Å². The molecule has 5 heteroatoms. The molecule has 1 aromatic heterocycles. The van der Waals surface area contributed by atoms with Crippen LogP contribution in [0.2, 0.25) is 0 Å². The van der Waals surface area contributed by atoms with E-state index in [0.717, 1.165) is 22.1 Å². The summed E-state index contributed by atoms with van der Waals surface area (Å²) in [5.74, 6) is 1.14. The zero-order valence-electron chi connectivity index (χ0n) is 13.3. The highest BCUT2D eigenvalue weighted by molar-refractivity contribution is 7.16. The number of nitrogens with two attached hydrogens (primary N) is 1. The Hall–Kier alpha value is -1.59. The maximum Gasteiger partial charge on any atom is 0.183 e. The second-order valence-corrected chi connectivity index (χ2v) is 7.48. The Morgan fingerprint density at radius 3 is 2.87 bits per heavy atom. The van der Waals surface area contributed by atoms with E-state index in [9.17, 15) is 0 Å². The normalized spacial score (nSPS) is 21.0. The van der Waals surface area contributed by atoms with Crippen LogP contribution in [0, 0.1) is 0 Å². The van der Waals surface area contributed by atoms with Gasteiger partial charge in [0, 0.05) is 28.9 Å². The predicted molar refractivity (Wildman–Crippen MR) is 95.3 cm³/mol. The molecular weight excluding hydrogens is 306 g/mol. The number of aromatic nitrogens is 1. The summed E-state index contributed by atoms with van der Waals surface area (Å²) in [6.07, 6.45) is 6.52. The molecule has 0 amide bonds. The maximum absolute atomic E-state index is 5.99. The SMILES string of the molecule is NCC1COc2ccccc2-c2nc(NC3CCCCC3)sc21. The first kappa shape index (κ1) is 15.0. The van der Waals surface area contributed by atoms with Gasteiger partial charge in [0.25, 0.3) is 0 Å². The van der Waals surface area contributed by atoms with Crippen molar-refractivity contribution in [3.63, 3.8) is 0 Å². The topological polar surface area (TPSA) is 60.2 Å². The molecule has 3 N–H and O–H groups in total. The molecule has 1 unspecified atom stereocenters. The molecule has 0 spiro atoms. The number of para-hydroxylation sites is 1. The number of hydrogen-bond donors (Lipinski definition) is 2. The van der Waals surface area contributed by atoms with E-state index < -0.39 is 0 Å². The lowest BCUT2D eigenvalue weighted by Gasteiger charge is -2.22. The van der Waals surface area contributed by atoms with Crippen LogP contribution < -0.4 is 15.8 Å². The van der Waals surface area contributed by atoms with Gasteiger partial charge >= 0.3 is 0 Å². The number of fused-ring (bicyclic) bond motifs is 3. The first-order chi connectivity index (χ1) is 11.3. The van der Waals surface area contributed by atoms with Gasteiger partial charge in [-0.15, -0.1) is 11.3 Å². The molecule has 2 aromatic rings.